The van der Waals surface area contributed by atoms with Gasteiger partial charge in [-0.15, -0.1) is 35.3 Å². The molecule has 0 unspecified atom stereocenters. The number of hydrogen-bond donors (Lipinski definition) is 2. The van der Waals surface area contributed by atoms with Crippen LogP contribution in [-0.2, 0) is 11.2 Å². The van der Waals surface area contributed by atoms with E-state index in [1.807, 2.05) is 0 Å². The monoisotopic (exact) mass is 494 g/mol. The second-order valence-corrected chi connectivity index (χ2v) is 8.00. The predicted octanol–water partition coefficient (Wildman–Crippen LogP) is 4.15. The molecule has 2 rings (SSSR count). The van der Waals surface area contributed by atoms with Crippen molar-refractivity contribution in [2.75, 3.05) is 33.4 Å². The van der Waals surface area contributed by atoms with Crippen LogP contribution in [-0.4, -0.2) is 44.3 Å². The molecular formula is C19H35IN4OS. The largest absolute Gasteiger partial charge is 0.385 e. The third-order valence-electron chi connectivity index (χ3n) is 4.94. The molecule has 0 aliphatic heterocycles. The lowest BCUT2D eigenvalue weighted by Gasteiger charge is -2.27. The van der Waals surface area contributed by atoms with Gasteiger partial charge in [0.15, 0.2) is 5.96 Å². The molecule has 1 aromatic rings. The Bertz CT molecular complexity index is 529. The molecule has 150 valence electrons. The fourth-order valence-electron chi connectivity index (χ4n) is 3.48. The minimum Gasteiger partial charge on any atom is -0.385 e. The lowest BCUT2D eigenvalue weighted by atomic mass is 9.83. The van der Waals surface area contributed by atoms with Crippen molar-refractivity contribution in [3.05, 3.63) is 16.1 Å². The second kappa shape index (κ2) is 12.9. The molecule has 0 saturated heterocycles. The Morgan fingerprint density at radius 2 is 2.12 bits per heavy atom. The van der Waals surface area contributed by atoms with Gasteiger partial charge in [-0.2, -0.15) is 0 Å². The van der Waals surface area contributed by atoms with Crippen molar-refractivity contribution in [2.45, 2.75) is 58.8 Å². The van der Waals surface area contributed by atoms with Crippen LogP contribution in [0.3, 0.4) is 0 Å². The number of hydrogen-bond acceptors (Lipinski definition) is 4. The molecule has 1 fully saturated rings. The number of guanidine groups is 1. The molecule has 1 aliphatic rings. The van der Waals surface area contributed by atoms with Crippen LogP contribution in [0.5, 0.6) is 0 Å². The summed E-state index contributed by atoms with van der Waals surface area (Å²) in [5.41, 5.74) is 1.47. The fourth-order valence-corrected chi connectivity index (χ4v) is 4.30. The van der Waals surface area contributed by atoms with Crippen LogP contribution >= 0.6 is 35.3 Å². The summed E-state index contributed by atoms with van der Waals surface area (Å²) in [5.74, 6) is 0.946. The van der Waals surface area contributed by atoms with E-state index in [2.05, 4.69) is 34.8 Å². The van der Waals surface area contributed by atoms with Crippen molar-refractivity contribution >= 4 is 41.3 Å². The van der Waals surface area contributed by atoms with Gasteiger partial charge in [0, 0.05) is 50.8 Å². The van der Waals surface area contributed by atoms with E-state index in [4.69, 9.17) is 9.73 Å². The van der Waals surface area contributed by atoms with E-state index in [0.717, 1.165) is 57.2 Å². The second-order valence-electron chi connectivity index (χ2n) is 7.06. The Hall–Kier alpha value is -0.410. The Labute approximate surface area is 179 Å². The van der Waals surface area contributed by atoms with Crippen LogP contribution in [0.15, 0.2) is 10.4 Å². The average molecular weight is 494 g/mol. The van der Waals surface area contributed by atoms with Crippen molar-refractivity contribution in [3.8, 4) is 0 Å². The van der Waals surface area contributed by atoms with Crippen LogP contribution in [0.4, 0.5) is 0 Å². The Balaban J connectivity index is 0.00000338. The number of ether oxygens (including phenoxy) is 1. The molecule has 2 N–H and O–H groups in total. The first-order valence-electron chi connectivity index (χ1n) is 9.59. The first-order chi connectivity index (χ1) is 12.2. The van der Waals surface area contributed by atoms with Gasteiger partial charge in [0.2, 0.25) is 0 Å². The molecule has 7 heteroatoms. The topological polar surface area (TPSA) is 58.5 Å². The molecule has 1 heterocycles. The Kier molecular flexibility index (Phi) is 11.7. The quantitative estimate of drug-likeness (QED) is 0.222. The molecule has 1 aliphatic carbocycles. The summed E-state index contributed by atoms with van der Waals surface area (Å²) >= 11 is 1.76. The summed E-state index contributed by atoms with van der Waals surface area (Å²) in [4.78, 5) is 9.42. The number of nitrogens with zero attached hydrogens (tertiary/aromatic N) is 2. The molecule has 1 saturated carbocycles. The zero-order valence-corrected chi connectivity index (χ0v) is 19.6. The maximum absolute atomic E-state index is 5.32. The number of aliphatic imine (C=N–C) groups is 1. The van der Waals surface area contributed by atoms with Crippen LogP contribution in [0.2, 0.25) is 0 Å². The summed E-state index contributed by atoms with van der Waals surface area (Å²) in [7, 11) is 1.79. The molecular weight excluding hydrogens is 459 g/mol. The van der Waals surface area contributed by atoms with E-state index in [-0.39, 0.29) is 24.0 Å². The smallest absolute Gasteiger partial charge is 0.191 e. The molecule has 26 heavy (non-hydrogen) atoms. The van der Waals surface area contributed by atoms with E-state index in [9.17, 15) is 0 Å². The number of rotatable bonds is 10. The highest BCUT2D eigenvalue weighted by atomic mass is 127. The highest BCUT2D eigenvalue weighted by molar-refractivity contribution is 14.0. The van der Waals surface area contributed by atoms with Gasteiger partial charge in [-0.3, -0.25) is 4.99 Å². The first-order valence-corrected chi connectivity index (χ1v) is 10.5. The van der Waals surface area contributed by atoms with Gasteiger partial charge in [0.05, 0.1) is 5.01 Å². The summed E-state index contributed by atoms with van der Waals surface area (Å²) in [6, 6.07) is 0. The zero-order valence-electron chi connectivity index (χ0n) is 16.5. The van der Waals surface area contributed by atoms with Gasteiger partial charge in [0.25, 0.3) is 0 Å². The number of nitrogens with one attached hydrogen (secondary N) is 2. The maximum Gasteiger partial charge on any atom is 0.191 e. The number of halogens is 1. The minimum absolute atomic E-state index is 0. The van der Waals surface area contributed by atoms with E-state index < -0.39 is 0 Å². The maximum atomic E-state index is 5.32. The van der Waals surface area contributed by atoms with Crippen molar-refractivity contribution in [1.29, 1.82) is 0 Å². The van der Waals surface area contributed by atoms with Gasteiger partial charge in [-0.05, 0) is 44.9 Å². The number of thiazole rings is 1. The third kappa shape index (κ3) is 8.08. The van der Waals surface area contributed by atoms with E-state index >= 15 is 0 Å². The molecule has 0 aromatic carbocycles. The van der Waals surface area contributed by atoms with Crippen LogP contribution in [0.25, 0.3) is 0 Å². The van der Waals surface area contributed by atoms with Gasteiger partial charge in [-0.1, -0.05) is 12.8 Å². The van der Waals surface area contributed by atoms with Gasteiger partial charge in [-0.25, -0.2) is 4.98 Å². The number of aryl methyl sites for hydroxylation is 2. The zero-order chi connectivity index (χ0) is 18.0. The molecule has 5 nitrogen and oxygen atoms in total. The molecule has 0 bridgehead atoms. The Morgan fingerprint density at radius 3 is 2.73 bits per heavy atom. The van der Waals surface area contributed by atoms with Gasteiger partial charge < -0.3 is 15.4 Å². The average Bonchev–Trinajstić information content (AvgIpc) is 3.24. The number of methoxy groups -OCH3 is 1. The standard InChI is InChI=1S/C19H34N4OS.HI/c1-4-20-18(21-12-7-8-17-23-16(2)14-25-17)22-15-19(11-13-24-3)9-5-6-10-19;/h14H,4-13,15H2,1-3H3,(H2,20,21,22);1H. The highest BCUT2D eigenvalue weighted by Crippen LogP contribution is 2.41. The predicted molar refractivity (Wildman–Crippen MR) is 122 cm³/mol. The van der Waals surface area contributed by atoms with E-state index in [1.165, 1.54) is 30.7 Å². The van der Waals surface area contributed by atoms with Crippen LogP contribution < -0.4 is 10.6 Å². The number of aromatic nitrogens is 1. The van der Waals surface area contributed by atoms with Crippen molar-refractivity contribution < 1.29 is 4.74 Å². The minimum atomic E-state index is 0. The van der Waals surface area contributed by atoms with Gasteiger partial charge >= 0.3 is 0 Å². The fraction of sp³-hybridized carbons (Fsp3) is 0.789. The molecule has 0 spiro atoms. The molecule has 0 radical (unpaired) electrons. The van der Waals surface area contributed by atoms with Crippen molar-refractivity contribution in [1.82, 2.24) is 15.6 Å². The van der Waals surface area contributed by atoms with Gasteiger partial charge in [0.1, 0.15) is 0 Å². The summed E-state index contributed by atoms with van der Waals surface area (Å²) in [5, 5.41) is 10.2. The molecule has 0 atom stereocenters. The SMILES string of the molecule is CCNC(=NCC1(CCOC)CCCC1)NCCCc1nc(C)cs1.I. The lowest BCUT2D eigenvalue weighted by Crippen LogP contribution is -2.39. The third-order valence-corrected chi connectivity index (χ3v) is 5.97. The van der Waals surface area contributed by atoms with E-state index in [0.29, 0.717) is 5.41 Å². The van der Waals surface area contributed by atoms with Crippen molar-refractivity contribution in [2.24, 2.45) is 10.4 Å². The highest BCUT2D eigenvalue weighted by Gasteiger charge is 2.33. The molecule has 1 aromatic heterocycles. The normalized spacial score (nSPS) is 16.3. The van der Waals surface area contributed by atoms with Crippen LogP contribution in [0.1, 0.15) is 56.2 Å². The summed E-state index contributed by atoms with van der Waals surface area (Å²) in [6.07, 6.45) is 8.45. The Morgan fingerprint density at radius 1 is 1.35 bits per heavy atom. The lowest BCUT2D eigenvalue weighted by molar-refractivity contribution is 0.141. The summed E-state index contributed by atoms with van der Waals surface area (Å²) < 4.78 is 5.32. The summed E-state index contributed by atoms with van der Waals surface area (Å²) in [6.45, 7) is 7.73. The molecule has 0 amide bonds. The van der Waals surface area contributed by atoms with Crippen LogP contribution in [0, 0.1) is 12.3 Å². The van der Waals surface area contributed by atoms with E-state index in [1.54, 1.807) is 18.4 Å². The van der Waals surface area contributed by atoms with Crippen molar-refractivity contribution in [3.63, 3.8) is 0 Å². The first kappa shape index (κ1) is 23.6.